The van der Waals surface area contributed by atoms with E-state index >= 15 is 0 Å². The van der Waals surface area contributed by atoms with Gasteiger partial charge in [0.25, 0.3) is 0 Å². The molecule has 0 bridgehead atoms. The fourth-order valence-corrected chi connectivity index (χ4v) is 3.27. The Morgan fingerprint density at radius 1 is 1.42 bits per heavy atom. The van der Waals surface area contributed by atoms with Gasteiger partial charge >= 0.3 is 0 Å². The maximum atomic E-state index is 5.85. The number of hydrogen-bond acceptors (Lipinski definition) is 5. The molecule has 0 amide bonds. The van der Waals surface area contributed by atoms with E-state index in [0.717, 1.165) is 24.7 Å². The molecular weight excluding hydrogens is 258 g/mol. The summed E-state index contributed by atoms with van der Waals surface area (Å²) in [6, 6.07) is 3.78. The maximum Gasteiger partial charge on any atom is 0.239 e. The molecule has 0 saturated carbocycles. The summed E-state index contributed by atoms with van der Waals surface area (Å²) in [4.78, 5) is 4.43. The van der Waals surface area contributed by atoms with Crippen LogP contribution < -0.4 is 15.8 Å². The molecule has 0 aliphatic carbocycles. The molecular formula is C14H23N3OS. The molecule has 3 N–H and O–H groups in total. The molecule has 0 unspecified atom stereocenters. The van der Waals surface area contributed by atoms with Gasteiger partial charge in [-0.3, -0.25) is 0 Å². The zero-order valence-electron chi connectivity index (χ0n) is 11.5. The summed E-state index contributed by atoms with van der Waals surface area (Å²) in [6.07, 6.45) is 3.55. The fraction of sp³-hybridized carbons (Fsp3) is 0.643. The van der Waals surface area contributed by atoms with Gasteiger partial charge in [-0.2, -0.15) is 16.7 Å². The fourth-order valence-electron chi connectivity index (χ4n) is 2.06. The summed E-state index contributed by atoms with van der Waals surface area (Å²) < 4.78 is 5.54. The molecule has 0 spiro atoms. The van der Waals surface area contributed by atoms with Gasteiger partial charge in [0.05, 0.1) is 12.3 Å². The van der Waals surface area contributed by atoms with Crippen molar-refractivity contribution in [3.63, 3.8) is 0 Å². The highest BCUT2D eigenvalue weighted by Gasteiger charge is 2.13. The molecule has 0 atom stereocenters. The third-order valence-corrected chi connectivity index (χ3v) is 4.29. The third kappa shape index (κ3) is 4.49. The Balaban J connectivity index is 1.88. The summed E-state index contributed by atoms with van der Waals surface area (Å²) in [5.74, 6) is 4.74. The standard InChI is InChI=1S/C14H23N3OS/c1-2-7-18-14-12(15)3-4-13(17-14)16-10-11-5-8-19-9-6-11/h3-4,11H,2,5-10,15H2,1H3,(H,16,17). The highest BCUT2D eigenvalue weighted by molar-refractivity contribution is 7.99. The molecule has 1 aromatic heterocycles. The molecule has 2 heterocycles. The Bertz CT molecular complexity index is 394. The number of nitrogens with one attached hydrogen (secondary N) is 1. The topological polar surface area (TPSA) is 60.2 Å². The molecule has 0 radical (unpaired) electrons. The largest absolute Gasteiger partial charge is 0.476 e. The number of nitrogen functional groups attached to an aromatic ring is 1. The number of aromatic nitrogens is 1. The van der Waals surface area contributed by atoms with Gasteiger partial charge in [-0.05, 0) is 48.8 Å². The van der Waals surface area contributed by atoms with Gasteiger partial charge in [-0.25, -0.2) is 0 Å². The van der Waals surface area contributed by atoms with Crippen LogP contribution in [0.1, 0.15) is 26.2 Å². The van der Waals surface area contributed by atoms with Crippen LogP contribution >= 0.6 is 11.8 Å². The van der Waals surface area contributed by atoms with Gasteiger partial charge < -0.3 is 15.8 Å². The molecule has 1 saturated heterocycles. The van der Waals surface area contributed by atoms with Gasteiger partial charge in [-0.1, -0.05) is 6.92 Å². The van der Waals surface area contributed by atoms with Crippen LogP contribution in [0.4, 0.5) is 11.5 Å². The van der Waals surface area contributed by atoms with Crippen LogP contribution in [0.5, 0.6) is 5.88 Å². The van der Waals surface area contributed by atoms with E-state index in [9.17, 15) is 0 Å². The van der Waals surface area contributed by atoms with E-state index in [-0.39, 0.29) is 0 Å². The zero-order chi connectivity index (χ0) is 13.5. The Hall–Kier alpha value is -1.10. The first-order chi connectivity index (χ1) is 9.29. The van der Waals surface area contributed by atoms with Crippen LogP contribution in [-0.4, -0.2) is 29.6 Å². The first-order valence-corrected chi connectivity index (χ1v) is 8.16. The Labute approximate surface area is 119 Å². The molecule has 5 heteroatoms. The molecule has 4 nitrogen and oxygen atoms in total. The second-order valence-electron chi connectivity index (χ2n) is 4.88. The lowest BCUT2D eigenvalue weighted by atomic mass is 10.0. The molecule has 1 aliphatic heterocycles. The first-order valence-electron chi connectivity index (χ1n) is 7.00. The lowest BCUT2D eigenvalue weighted by Gasteiger charge is -2.21. The molecule has 0 aromatic carbocycles. The van der Waals surface area contributed by atoms with E-state index in [1.807, 2.05) is 12.1 Å². The molecule has 106 valence electrons. The van der Waals surface area contributed by atoms with Gasteiger partial charge in [0.2, 0.25) is 5.88 Å². The third-order valence-electron chi connectivity index (χ3n) is 3.25. The van der Waals surface area contributed by atoms with Crippen molar-refractivity contribution < 1.29 is 4.74 Å². The van der Waals surface area contributed by atoms with Crippen LogP contribution in [0, 0.1) is 5.92 Å². The lowest BCUT2D eigenvalue weighted by Crippen LogP contribution is -2.19. The monoisotopic (exact) mass is 281 g/mol. The molecule has 2 rings (SSSR count). The molecule has 1 aromatic rings. The van der Waals surface area contributed by atoms with Crippen molar-refractivity contribution in [2.24, 2.45) is 5.92 Å². The van der Waals surface area contributed by atoms with Gasteiger partial charge in [0, 0.05) is 6.54 Å². The Morgan fingerprint density at radius 2 is 2.21 bits per heavy atom. The minimum atomic E-state index is 0.547. The van der Waals surface area contributed by atoms with Crippen molar-refractivity contribution in [1.82, 2.24) is 4.98 Å². The van der Waals surface area contributed by atoms with Gasteiger partial charge in [0.15, 0.2) is 0 Å². The van der Waals surface area contributed by atoms with Crippen molar-refractivity contribution >= 4 is 23.3 Å². The number of ether oxygens (including phenoxy) is 1. The maximum absolute atomic E-state index is 5.85. The van der Waals surface area contributed by atoms with Crippen molar-refractivity contribution in [3.05, 3.63) is 12.1 Å². The van der Waals surface area contributed by atoms with Crippen LogP contribution in [0.15, 0.2) is 12.1 Å². The second kappa shape index (κ2) is 7.48. The van der Waals surface area contributed by atoms with Crippen LogP contribution in [0.2, 0.25) is 0 Å². The first kappa shape index (κ1) is 14.3. The minimum absolute atomic E-state index is 0.547. The molecule has 1 fully saturated rings. The summed E-state index contributed by atoms with van der Waals surface area (Å²) >= 11 is 2.05. The highest BCUT2D eigenvalue weighted by Crippen LogP contribution is 2.24. The summed E-state index contributed by atoms with van der Waals surface area (Å²) in [5, 5.41) is 3.40. The van der Waals surface area contributed by atoms with Crippen LogP contribution in [0.3, 0.4) is 0 Å². The molecule has 1 aliphatic rings. The van der Waals surface area contributed by atoms with Gasteiger partial charge in [0.1, 0.15) is 5.82 Å². The van der Waals surface area contributed by atoms with E-state index in [4.69, 9.17) is 10.5 Å². The number of anilines is 2. The van der Waals surface area contributed by atoms with E-state index in [2.05, 4.69) is 29.0 Å². The van der Waals surface area contributed by atoms with Crippen LogP contribution in [-0.2, 0) is 0 Å². The SMILES string of the molecule is CCCOc1nc(NCC2CCSCC2)ccc1N. The number of nitrogens with two attached hydrogens (primary N) is 1. The van der Waals surface area contributed by atoms with Gasteiger partial charge in [-0.15, -0.1) is 0 Å². The predicted octanol–water partition coefficient (Wildman–Crippen LogP) is 3.01. The average Bonchev–Trinajstić information content (AvgIpc) is 2.46. The van der Waals surface area contributed by atoms with E-state index in [1.54, 1.807) is 0 Å². The van der Waals surface area contributed by atoms with Crippen molar-refractivity contribution in [2.45, 2.75) is 26.2 Å². The number of thioether (sulfide) groups is 1. The minimum Gasteiger partial charge on any atom is -0.476 e. The Kier molecular flexibility index (Phi) is 5.63. The quantitative estimate of drug-likeness (QED) is 0.839. The zero-order valence-corrected chi connectivity index (χ0v) is 12.3. The number of hydrogen-bond donors (Lipinski definition) is 2. The number of pyridine rings is 1. The Morgan fingerprint density at radius 3 is 2.95 bits per heavy atom. The average molecular weight is 281 g/mol. The van der Waals surface area contributed by atoms with E-state index in [1.165, 1.54) is 24.3 Å². The smallest absolute Gasteiger partial charge is 0.239 e. The summed E-state index contributed by atoms with van der Waals surface area (Å²) in [6.45, 7) is 3.71. The van der Waals surface area contributed by atoms with Crippen molar-refractivity contribution in [3.8, 4) is 5.88 Å². The number of rotatable bonds is 6. The normalized spacial score (nSPS) is 16.3. The second-order valence-corrected chi connectivity index (χ2v) is 6.10. The van der Waals surface area contributed by atoms with Crippen molar-refractivity contribution in [1.29, 1.82) is 0 Å². The lowest BCUT2D eigenvalue weighted by molar-refractivity contribution is 0.307. The van der Waals surface area contributed by atoms with Crippen LogP contribution in [0.25, 0.3) is 0 Å². The van der Waals surface area contributed by atoms with Crippen molar-refractivity contribution in [2.75, 3.05) is 35.7 Å². The predicted molar refractivity (Wildman–Crippen MR) is 83.0 cm³/mol. The number of nitrogens with zero attached hydrogens (tertiary/aromatic N) is 1. The van der Waals surface area contributed by atoms with E-state index < -0.39 is 0 Å². The highest BCUT2D eigenvalue weighted by atomic mass is 32.2. The molecule has 19 heavy (non-hydrogen) atoms. The summed E-state index contributed by atoms with van der Waals surface area (Å²) in [7, 11) is 0. The summed E-state index contributed by atoms with van der Waals surface area (Å²) in [5.41, 5.74) is 6.46. The van der Waals surface area contributed by atoms with E-state index in [0.29, 0.717) is 18.2 Å².